The van der Waals surface area contributed by atoms with Crippen molar-refractivity contribution in [1.82, 2.24) is 5.32 Å². The number of nitrogens with one attached hydrogen (secondary N) is 1. The molecule has 0 bridgehead atoms. The van der Waals surface area contributed by atoms with Crippen molar-refractivity contribution in [2.75, 3.05) is 18.6 Å². The summed E-state index contributed by atoms with van der Waals surface area (Å²) in [4.78, 5) is 15.8. The standard InChI is InChI=1S/C34H49N3O2S.BrH/c1-4-5-6-7-8-9-10-11-12-13-14-15-24-39-33-22-18-31(19-23-33)27-37(34(38)35-3)32-20-16-30(17-21-32)26-36-25-29(2)40-28-36;/h16-23,25,28H,4-15,24,26-27H2,1-3H3;1H. The topological polar surface area (TPSA) is 45.5 Å². The molecule has 0 radical (unpaired) electrons. The number of nitrogens with zero attached hydrogens (tertiary/aromatic N) is 2. The summed E-state index contributed by atoms with van der Waals surface area (Å²) in [6.07, 6.45) is 18.3. The van der Waals surface area contributed by atoms with Gasteiger partial charge in [0.2, 0.25) is 5.51 Å². The van der Waals surface area contributed by atoms with E-state index in [1.165, 1.54) is 81.1 Å². The molecule has 3 aromatic rings. The van der Waals surface area contributed by atoms with E-state index in [2.05, 4.69) is 59.7 Å². The number of aryl methyl sites for hydroxylation is 1. The van der Waals surface area contributed by atoms with Crippen molar-refractivity contribution < 1.29 is 31.1 Å². The Kier molecular flexibility index (Phi) is 17.4. The van der Waals surface area contributed by atoms with Gasteiger partial charge in [-0.2, -0.15) is 4.57 Å². The van der Waals surface area contributed by atoms with Gasteiger partial charge in [0.1, 0.15) is 5.75 Å². The number of thiazole rings is 1. The molecule has 0 atom stereocenters. The van der Waals surface area contributed by atoms with Crippen LogP contribution in [0.15, 0.2) is 60.2 Å². The molecule has 226 valence electrons. The number of aromatic nitrogens is 1. The zero-order valence-corrected chi connectivity index (χ0v) is 27.8. The molecule has 2 aromatic carbocycles. The van der Waals surface area contributed by atoms with Gasteiger partial charge in [0, 0.05) is 18.3 Å². The van der Waals surface area contributed by atoms with Gasteiger partial charge in [-0.05, 0) is 43.2 Å². The normalized spacial score (nSPS) is 10.7. The second kappa shape index (κ2) is 20.5. The monoisotopic (exact) mass is 643 g/mol. The van der Waals surface area contributed by atoms with Gasteiger partial charge in [-0.3, -0.25) is 4.90 Å². The molecular weight excluding hydrogens is 594 g/mol. The van der Waals surface area contributed by atoms with Crippen LogP contribution in [-0.4, -0.2) is 19.7 Å². The van der Waals surface area contributed by atoms with Crippen LogP contribution >= 0.6 is 11.3 Å². The average molecular weight is 645 g/mol. The summed E-state index contributed by atoms with van der Waals surface area (Å²) in [5.41, 5.74) is 5.28. The minimum Gasteiger partial charge on any atom is -1.00 e. The van der Waals surface area contributed by atoms with E-state index >= 15 is 0 Å². The highest BCUT2D eigenvalue weighted by atomic mass is 79.9. The summed E-state index contributed by atoms with van der Waals surface area (Å²) in [7, 11) is 1.67. The van der Waals surface area contributed by atoms with Crippen molar-refractivity contribution in [3.63, 3.8) is 0 Å². The Morgan fingerprint density at radius 1 is 0.829 bits per heavy atom. The number of amides is 2. The van der Waals surface area contributed by atoms with E-state index in [0.717, 1.165) is 36.6 Å². The van der Waals surface area contributed by atoms with Gasteiger partial charge in [-0.25, -0.2) is 4.79 Å². The van der Waals surface area contributed by atoms with Gasteiger partial charge in [0.15, 0.2) is 12.7 Å². The molecule has 1 heterocycles. The highest BCUT2D eigenvalue weighted by Gasteiger charge is 2.16. The van der Waals surface area contributed by atoms with E-state index in [0.29, 0.717) is 6.54 Å². The number of rotatable bonds is 19. The molecule has 2 amide bonds. The van der Waals surface area contributed by atoms with E-state index in [1.807, 2.05) is 24.3 Å². The van der Waals surface area contributed by atoms with Crippen LogP contribution in [0, 0.1) is 6.92 Å². The summed E-state index contributed by atoms with van der Waals surface area (Å²) in [5, 5.41) is 2.78. The summed E-state index contributed by atoms with van der Waals surface area (Å²) in [5.74, 6) is 0.892. The van der Waals surface area contributed by atoms with E-state index in [1.54, 1.807) is 23.3 Å². The van der Waals surface area contributed by atoms with E-state index in [4.69, 9.17) is 4.74 Å². The lowest BCUT2D eigenvalue weighted by Crippen LogP contribution is -3.00. The zero-order chi connectivity index (χ0) is 28.4. The fraction of sp³-hybridized carbons (Fsp3) is 0.529. The lowest BCUT2D eigenvalue weighted by Gasteiger charge is -2.23. The maximum absolute atomic E-state index is 12.7. The van der Waals surface area contributed by atoms with Gasteiger partial charge in [-0.1, -0.05) is 113 Å². The quantitative estimate of drug-likeness (QED) is 0.132. The molecule has 1 aromatic heterocycles. The molecule has 0 saturated carbocycles. The van der Waals surface area contributed by atoms with Crippen molar-refractivity contribution in [3.8, 4) is 5.75 Å². The zero-order valence-electron chi connectivity index (χ0n) is 25.4. The number of unbranched alkanes of at least 4 members (excludes halogenated alkanes) is 11. The molecule has 0 saturated heterocycles. The van der Waals surface area contributed by atoms with Crippen molar-refractivity contribution in [2.24, 2.45) is 0 Å². The Balaban J connectivity index is 0.00000588. The largest absolute Gasteiger partial charge is 1.00 e. The number of ether oxygens (including phenoxy) is 1. The molecule has 0 aliphatic carbocycles. The molecule has 3 rings (SSSR count). The maximum atomic E-state index is 12.7. The van der Waals surface area contributed by atoms with Crippen molar-refractivity contribution in [1.29, 1.82) is 0 Å². The maximum Gasteiger partial charge on any atom is 0.321 e. The van der Waals surface area contributed by atoms with Crippen LogP contribution in [0.25, 0.3) is 0 Å². The molecule has 0 spiro atoms. The minimum absolute atomic E-state index is 0. The van der Waals surface area contributed by atoms with Crippen LogP contribution in [0.1, 0.15) is 100.0 Å². The van der Waals surface area contributed by atoms with Gasteiger partial charge in [0.25, 0.3) is 0 Å². The molecule has 0 aliphatic rings. The minimum atomic E-state index is -0.122. The Labute approximate surface area is 263 Å². The summed E-state index contributed by atoms with van der Waals surface area (Å²) in [6.45, 7) is 6.47. The summed E-state index contributed by atoms with van der Waals surface area (Å²) < 4.78 is 8.17. The van der Waals surface area contributed by atoms with Crippen LogP contribution in [0.5, 0.6) is 5.75 Å². The second-order valence-corrected chi connectivity index (χ2v) is 11.9. The Bertz CT molecular complexity index is 1100. The van der Waals surface area contributed by atoms with Crippen molar-refractivity contribution >= 4 is 23.1 Å². The number of hydrogen-bond donors (Lipinski definition) is 1. The lowest BCUT2D eigenvalue weighted by molar-refractivity contribution is -0.683. The molecular formula is C34H50BrN3O2S. The number of halogens is 1. The van der Waals surface area contributed by atoms with Gasteiger partial charge >= 0.3 is 6.03 Å². The first kappa shape index (κ1) is 34.8. The number of benzene rings is 2. The summed E-state index contributed by atoms with van der Waals surface area (Å²) >= 11 is 1.75. The SMILES string of the molecule is CCCCCCCCCCCCCCOc1ccc(CN(C(=O)NC)c2ccc(C[n+]3csc(C)c3)cc2)cc1.[Br-]. The molecule has 41 heavy (non-hydrogen) atoms. The average Bonchev–Trinajstić information content (AvgIpc) is 3.39. The van der Waals surface area contributed by atoms with Gasteiger partial charge in [0.05, 0.1) is 18.0 Å². The number of urea groups is 1. The summed E-state index contributed by atoms with van der Waals surface area (Å²) in [6, 6.07) is 16.3. The molecule has 0 unspecified atom stereocenters. The molecule has 5 nitrogen and oxygen atoms in total. The van der Waals surface area contributed by atoms with E-state index in [-0.39, 0.29) is 23.0 Å². The van der Waals surface area contributed by atoms with E-state index in [9.17, 15) is 4.79 Å². The fourth-order valence-electron chi connectivity index (χ4n) is 4.94. The molecule has 0 aliphatic heterocycles. The molecule has 1 N–H and O–H groups in total. The molecule has 0 fully saturated rings. The van der Waals surface area contributed by atoms with Gasteiger partial charge < -0.3 is 27.0 Å². The first-order valence-corrected chi connectivity index (χ1v) is 16.2. The Morgan fingerprint density at radius 2 is 1.39 bits per heavy atom. The number of carbonyl (C=O) groups excluding carboxylic acids is 1. The smallest absolute Gasteiger partial charge is 0.321 e. The Hall–Kier alpha value is -2.38. The Morgan fingerprint density at radius 3 is 1.93 bits per heavy atom. The van der Waals surface area contributed by atoms with Crippen molar-refractivity contribution in [2.45, 2.75) is 104 Å². The van der Waals surface area contributed by atoms with Crippen LogP contribution < -0.4 is 36.5 Å². The molecule has 7 heteroatoms. The first-order valence-electron chi connectivity index (χ1n) is 15.3. The van der Waals surface area contributed by atoms with Crippen LogP contribution in [0.4, 0.5) is 10.5 Å². The lowest BCUT2D eigenvalue weighted by atomic mass is 10.1. The highest BCUT2D eigenvalue weighted by Crippen LogP contribution is 2.21. The fourth-order valence-corrected chi connectivity index (χ4v) is 5.58. The number of hydrogen-bond acceptors (Lipinski definition) is 3. The predicted octanol–water partition coefficient (Wildman–Crippen LogP) is 5.82. The van der Waals surface area contributed by atoms with Crippen molar-refractivity contribution in [3.05, 3.63) is 76.2 Å². The van der Waals surface area contributed by atoms with Crippen LogP contribution in [-0.2, 0) is 13.1 Å². The van der Waals surface area contributed by atoms with Gasteiger partial charge in [-0.15, -0.1) is 0 Å². The number of anilines is 1. The predicted molar refractivity (Wildman–Crippen MR) is 168 cm³/mol. The number of carbonyl (C=O) groups is 1. The second-order valence-electron chi connectivity index (χ2n) is 10.8. The van der Waals surface area contributed by atoms with E-state index < -0.39 is 0 Å². The van der Waals surface area contributed by atoms with Crippen LogP contribution in [0.3, 0.4) is 0 Å². The third-order valence-corrected chi connectivity index (χ3v) is 8.18. The first-order chi connectivity index (χ1) is 19.6. The third-order valence-electron chi connectivity index (χ3n) is 7.32. The highest BCUT2D eigenvalue weighted by molar-refractivity contribution is 7.09. The third kappa shape index (κ3) is 13.4. The van der Waals surface area contributed by atoms with Crippen LogP contribution in [0.2, 0.25) is 0 Å².